The maximum Gasteiger partial charge on any atom is 0.279 e. The predicted octanol–water partition coefficient (Wildman–Crippen LogP) is 5.61. The number of methoxy groups -OCH3 is 1. The zero-order chi connectivity index (χ0) is 30.7. The number of anilines is 1. The van der Waals surface area contributed by atoms with Crippen LogP contribution in [-0.2, 0) is 13.6 Å². The van der Waals surface area contributed by atoms with E-state index in [4.69, 9.17) is 27.9 Å². The number of nitrogens with one attached hydrogen (secondary N) is 2. The molecule has 9 nitrogen and oxygen atoms in total. The highest BCUT2D eigenvalue weighted by Crippen LogP contribution is 2.42. The number of amides is 1. The van der Waals surface area contributed by atoms with Crippen molar-refractivity contribution in [1.29, 1.82) is 0 Å². The average molecular weight is 627 g/mol. The number of carbonyl (C=O) groups is 1. The Labute approximate surface area is 257 Å². The summed E-state index contributed by atoms with van der Waals surface area (Å²) in [4.78, 5) is 29.6. The summed E-state index contributed by atoms with van der Waals surface area (Å²) in [5, 5.41) is 20.5. The molecule has 0 aliphatic heterocycles. The van der Waals surface area contributed by atoms with E-state index < -0.39 is 23.4 Å². The fourth-order valence-electron chi connectivity index (χ4n) is 5.22. The van der Waals surface area contributed by atoms with Gasteiger partial charge in [0.15, 0.2) is 0 Å². The van der Waals surface area contributed by atoms with E-state index in [1.165, 1.54) is 32.5 Å². The number of carbonyl (C=O) groups excluding carboxylic acids is 1. The first-order valence-corrected chi connectivity index (χ1v) is 14.5. The van der Waals surface area contributed by atoms with Crippen LogP contribution in [-0.4, -0.2) is 45.0 Å². The highest BCUT2D eigenvalue weighted by Gasteiger charge is 2.24. The number of nitrogens with zero attached hydrogens (tertiary/aromatic N) is 3. The third-order valence-corrected chi connectivity index (χ3v) is 8.35. The SMILES string of the molecule is COc1nc(-c2cccc(-c3cccc(NC(=O)c4ccnn(C)c4=O)c3Cl)c2Cl)c(F)cc1CNC1CCCC[C@@H]1O. The van der Waals surface area contributed by atoms with Gasteiger partial charge in [-0.15, -0.1) is 0 Å². The molecule has 0 radical (unpaired) electrons. The van der Waals surface area contributed by atoms with E-state index in [1.807, 2.05) is 0 Å². The third-order valence-electron chi connectivity index (χ3n) is 7.53. The maximum atomic E-state index is 15.6. The number of aromatic nitrogens is 3. The molecule has 224 valence electrons. The molecule has 12 heteroatoms. The monoisotopic (exact) mass is 625 g/mol. The molecule has 5 rings (SSSR count). The fraction of sp³-hybridized carbons (Fsp3) is 0.290. The summed E-state index contributed by atoms with van der Waals surface area (Å²) in [6, 6.07) is 12.7. The van der Waals surface area contributed by atoms with Crippen molar-refractivity contribution in [3.05, 3.63) is 92.1 Å². The van der Waals surface area contributed by atoms with E-state index in [1.54, 1.807) is 36.4 Å². The number of rotatable bonds is 8. The smallest absolute Gasteiger partial charge is 0.279 e. The second-order valence-electron chi connectivity index (χ2n) is 10.3. The molecular formula is C31H30Cl2FN5O4. The number of benzene rings is 2. The van der Waals surface area contributed by atoms with Crippen LogP contribution in [0.3, 0.4) is 0 Å². The lowest BCUT2D eigenvalue weighted by atomic mass is 9.92. The normalized spacial score (nSPS) is 16.6. The number of hydrogen-bond donors (Lipinski definition) is 3. The predicted molar refractivity (Wildman–Crippen MR) is 164 cm³/mol. The summed E-state index contributed by atoms with van der Waals surface area (Å²) in [6.07, 6.45) is 4.50. The Morgan fingerprint density at radius 3 is 2.53 bits per heavy atom. The van der Waals surface area contributed by atoms with Crippen LogP contribution in [0.1, 0.15) is 41.6 Å². The van der Waals surface area contributed by atoms with Gasteiger partial charge in [0, 0.05) is 48.1 Å². The average Bonchev–Trinajstić information content (AvgIpc) is 3.00. The van der Waals surface area contributed by atoms with Gasteiger partial charge >= 0.3 is 0 Å². The molecule has 3 N–H and O–H groups in total. The Morgan fingerprint density at radius 1 is 1.09 bits per heavy atom. The Kier molecular flexibility index (Phi) is 9.41. The van der Waals surface area contributed by atoms with Crippen LogP contribution in [0.15, 0.2) is 59.5 Å². The molecule has 43 heavy (non-hydrogen) atoms. The summed E-state index contributed by atoms with van der Waals surface area (Å²) in [5.74, 6) is -1.000. The molecule has 2 atom stereocenters. The number of halogens is 3. The molecule has 1 aliphatic carbocycles. The molecule has 0 saturated heterocycles. The Morgan fingerprint density at radius 2 is 1.79 bits per heavy atom. The van der Waals surface area contributed by atoms with Crippen molar-refractivity contribution < 1.29 is 19.0 Å². The first-order valence-electron chi connectivity index (χ1n) is 13.8. The lowest BCUT2D eigenvalue weighted by molar-refractivity contribution is 0.0901. The lowest BCUT2D eigenvalue weighted by Gasteiger charge is -2.28. The van der Waals surface area contributed by atoms with Gasteiger partial charge in [-0.3, -0.25) is 9.59 Å². The molecule has 1 saturated carbocycles. The first kappa shape index (κ1) is 30.6. The Bertz CT molecular complexity index is 1730. The van der Waals surface area contributed by atoms with Crippen molar-refractivity contribution in [1.82, 2.24) is 20.1 Å². The van der Waals surface area contributed by atoms with Crippen molar-refractivity contribution in [2.24, 2.45) is 7.05 Å². The van der Waals surface area contributed by atoms with E-state index in [9.17, 15) is 14.7 Å². The number of pyridine rings is 1. The number of aliphatic hydroxyl groups excluding tert-OH is 1. The standard InChI is InChI=1S/C31H30Cl2FN5O4/c1-39-31(42)21(13-14-36-39)29(41)37-24-11-6-8-19(27(24)33)18-7-5-9-20(26(18)32)28-22(34)15-17(30(38-28)43-2)16-35-23-10-3-4-12-25(23)40/h5-9,11,13-15,23,25,35,40H,3-4,10,12,16H2,1-2H3,(H,37,41)/t23?,25-/m0/s1. The molecule has 1 amide bonds. The summed E-state index contributed by atoms with van der Waals surface area (Å²) in [5.41, 5.74) is 1.41. The molecular weight excluding hydrogens is 596 g/mol. The largest absolute Gasteiger partial charge is 0.481 e. The molecule has 4 aromatic rings. The van der Waals surface area contributed by atoms with Crippen LogP contribution in [0.4, 0.5) is 10.1 Å². The quantitative estimate of drug-likeness (QED) is 0.233. The van der Waals surface area contributed by atoms with E-state index in [0.29, 0.717) is 22.3 Å². The van der Waals surface area contributed by atoms with Gasteiger partial charge in [0.2, 0.25) is 5.88 Å². The molecule has 1 aliphatic rings. The van der Waals surface area contributed by atoms with E-state index in [0.717, 1.165) is 30.4 Å². The molecule has 2 aromatic carbocycles. The van der Waals surface area contributed by atoms with E-state index in [-0.39, 0.29) is 45.5 Å². The van der Waals surface area contributed by atoms with E-state index in [2.05, 4.69) is 20.7 Å². The van der Waals surface area contributed by atoms with Gasteiger partial charge in [0.05, 0.1) is 28.9 Å². The minimum absolute atomic E-state index is 0.000682. The van der Waals surface area contributed by atoms with Gasteiger partial charge in [-0.2, -0.15) is 5.10 Å². The topological polar surface area (TPSA) is 118 Å². The summed E-state index contributed by atoms with van der Waals surface area (Å²) in [6.45, 7) is 0.280. The van der Waals surface area contributed by atoms with Crippen molar-refractivity contribution in [2.75, 3.05) is 12.4 Å². The number of ether oxygens (including phenoxy) is 1. The second-order valence-corrected chi connectivity index (χ2v) is 11.0. The zero-order valence-electron chi connectivity index (χ0n) is 23.5. The molecule has 1 unspecified atom stereocenters. The van der Waals surface area contributed by atoms with Crippen LogP contribution >= 0.6 is 23.2 Å². The van der Waals surface area contributed by atoms with Gasteiger partial charge in [-0.1, -0.05) is 66.4 Å². The van der Waals surface area contributed by atoms with Crippen molar-refractivity contribution in [3.63, 3.8) is 0 Å². The maximum absolute atomic E-state index is 15.6. The van der Waals surface area contributed by atoms with Gasteiger partial charge in [0.25, 0.3) is 11.5 Å². The van der Waals surface area contributed by atoms with Crippen molar-refractivity contribution in [3.8, 4) is 28.3 Å². The molecule has 0 bridgehead atoms. The molecule has 1 fully saturated rings. The highest BCUT2D eigenvalue weighted by molar-refractivity contribution is 6.39. The van der Waals surface area contributed by atoms with Gasteiger partial charge in [-0.25, -0.2) is 14.1 Å². The van der Waals surface area contributed by atoms with Gasteiger partial charge in [0.1, 0.15) is 17.1 Å². The fourth-order valence-corrected chi connectivity index (χ4v) is 5.81. The van der Waals surface area contributed by atoms with Gasteiger partial charge < -0.3 is 20.5 Å². The number of aryl methyl sites for hydroxylation is 1. The van der Waals surface area contributed by atoms with Crippen LogP contribution < -0.4 is 20.9 Å². The summed E-state index contributed by atoms with van der Waals surface area (Å²) >= 11 is 13.6. The number of hydrogen-bond acceptors (Lipinski definition) is 7. The van der Waals surface area contributed by atoms with Crippen LogP contribution in [0.2, 0.25) is 10.0 Å². The van der Waals surface area contributed by atoms with Crippen LogP contribution in [0.5, 0.6) is 5.88 Å². The molecule has 2 heterocycles. The Balaban J connectivity index is 1.45. The lowest BCUT2D eigenvalue weighted by Crippen LogP contribution is -2.41. The van der Waals surface area contributed by atoms with Crippen LogP contribution in [0, 0.1) is 5.82 Å². The summed E-state index contributed by atoms with van der Waals surface area (Å²) in [7, 11) is 2.91. The minimum atomic E-state index is -0.646. The van der Waals surface area contributed by atoms with Crippen molar-refractivity contribution >= 4 is 34.8 Å². The molecule has 0 spiro atoms. The minimum Gasteiger partial charge on any atom is -0.481 e. The Hall–Kier alpha value is -3.83. The molecule has 2 aromatic heterocycles. The zero-order valence-corrected chi connectivity index (χ0v) is 25.0. The first-order chi connectivity index (χ1) is 20.7. The number of aliphatic hydroxyl groups is 1. The van der Waals surface area contributed by atoms with Crippen LogP contribution in [0.25, 0.3) is 22.4 Å². The van der Waals surface area contributed by atoms with Crippen molar-refractivity contribution in [2.45, 2.75) is 44.4 Å². The highest BCUT2D eigenvalue weighted by atomic mass is 35.5. The third kappa shape index (κ3) is 6.42. The summed E-state index contributed by atoms with van der Waals surface area (Å²) < 4.78 is 22.1. The van der Waals surface area contributed by atoms with Gasteiger partial charge in [-0.05, 0) is 31.0 Å². The second kappa shape index (κ2) is 13.2. The van der Waals surface area contributed by atoms with E-state index >= 15 is 4.39 Å².